The molecule has 9 nitrogen and oxygen atoms in total. The lowest BCUT2D eigenvalue weighted by Crippen LogP contribution is -2.35. The average Bonchev–Trinajstić information content (AvgIpc) is 2.59. The first kappa shape index (κ1) is 20.1. The van der Waals surface area contributed by atoms with Gasteiger partial charge in [-0.15, -0.1) is 6.58 Å². The van der Waals surface area contributed by atoms with E-state index in [2.05, 4.69) is 17.2 Å². The normalized spacial score (nSPS) is 11.3. The Bertz CT molecular complexity index is 647. The largest absolute Gasteiger partial charge is 0.449 e. The van der Waals surface area contributed by atoms with Crippen LogP contribution in [0.4, 0.5) is 11.4 Å². The Labute approximate surface area is 145 Å². The summed E-state index contributed by atoms with van der Waals surface area (Å²) in [6, 6.07) is 3.90. The van der Waals surface area contributed by atoms with Crippen molar-refractivity contribution in [2.75, 3.05) is 32.1 Å². The van der Waals surface area contributed by atoms with Gasteiger partial charge < -0.3 is 20.1 Å². The van der Waals surface area contributed by atoms with Gasteiger partial charge in [0.1, 0.15) is 5.69 Å². The third-order valence-corrected chi connectivity index (χ3v) is 3.13. The molecule has 136 valence electrons. The molecule has 2 N–H and O–H groups in total. The van der Waals surface area contributed by atoms with Crippen LogP contribution in [0.15, 0.2) is 30.9 Å². The fourth-order valence-electron chi connectivity index (χ4n) is 1.85. The number of hydrogen-bond acceptors (Lipinski definition) is 7. The Kier molecular flexibility index (Phi) is 8.07. The van der Waals surface area contributed by atoms with Crippen molar-refractivity contribution in [3.8, 4) is 0 Å². The van der Waals surface area contributed by atoms with Crippen LogP contribution in [0.1, 0.15) is 17.3 Å². The molecule has 0 radical (unpaired) electrons. The lowest BCUT2D eigenvalue weighted by Gasteiger charge is -2.13. The third-order valence-electron chi connectivity index (χ3n) is 3.13. The number of amides is 1. The number of nitro groups is 1. The molecule has 9 heteroatoms. The van der Waals surface area contributed by atoms with E-state index in [4.69, 9.17) is 9.47 Å². The minimum absolute atomic E-state index is 0.0210. The van der Waals surface area contributed by atoms with E-state index >= 15 is 0 Å². The van der Waals surface area contributed by atoms with Gasteiger partial charge in [-0.05, 0) is 19.1 Å². The van der Waals surface area contributed by atoms with Crippen molar-refractivity contribution in [3.63, 3.8) is 0 Å². The van der Waals surface area contributed by atoms with Gasteiger partial charge in [-0.2, -0.15) is 0 Å². The first-order valence-corrected chi connectivity index (χ1v) is 7.51. The number of nitro benzene ring substituents is 1. The predicted molar refractivity (Wildman–Crippen MR) is 91.5 cm³/mol. The van der Waals surface area contributed by atoms with Gasteiger partial charge in [0.25, 0.3) is 11.6 Å². The van der Waals surface area contributed by atoms with E-state index < -0.39 is 22.9 Å². The number of anilines is 1. The summed E-state index contributed by atoms with van der Waals surface area (Å²) in [5.74, 6) is -1.31. The van der Waals surface area contributed by atoms with E-state index in [0.717, 1.165) is 6.07 Å². The van der Waals surface area contributed by atoms with E-state index in [1.54, 1.807) is 0 Å². The Morgan fingerprint density at radius 3 is 2.76 bits per heavy atom. The fourth-order valence-corrected chi connectivity index (χ4v) is 1.85. The molecule has 0 bridgehead atoms. The number of rotatable bonds is 10. The zero-order valence-corrected chi connectivity index (χ0v) is 14.1. The second-order valence-electron chi connectivity index (χ2n) is 4.99. The molecule has 1 amide bonds. The SMILES string of the molecule is C=CCNC(=O)C(C)OC(=O)c1ccc(NCCOC)c([N+](=O)[O-])c1. The van der Waals surface area contributed by atoms with E-state index in [9.17, 15) is 19.7 Å². The van der Waals surface area contributed by atoms with Crippen LogP contribution in [0.25, 0.3) is 0 Å². The fraction of sp³-hybridized carbons (Fsp3) is 0.375. The van der Waals surface area contributed by atoms with Crippen molar-refractivity contribution < 1.29 is 24.0 Å². The standard InChI is InChI=1S/C16H21N3O6/c1-4-7-18-15(20)11(2)25-16(21)12-5-6-13(17-8-9-24-3)14(10-12)19(22)23/h4-6,10-11,17H,1,7-9H2,2-3H3,(H,18,20). The molecule has 1 aromatic carbocycles. The second-order valence-corrected chi connectivity index (χ2v) is 4.99. The molecule has 0 aromatic heterocycles. The van der Waals surface area contributed by atoms with Gasteiger partial charge in [-0.3, -0.25) is 14.9 Å². The molecule has 0 saturated heterocycles. The first-order chi connectivity index (χ1) is 11.9. The van der Waals surface area contributed by atoms with E-state index in [-0.39, 0.29) is 23.5 Å². The molecule has 1 atom stereocenters. The molecule has 1 rings (SSSR count). The molecule has 0 saturated carbocycles. The number of carbonyl (C=O) groups is 2. The van der Waals surface area contributed by atoms with Crippen molar-refractivity contribution in [3.05, 3.63) is 46.5 Å². The van der Waals surface area contributed by atoms with Crippen LogP contribution in [-0.2, 0) is 14.3 Å². The monoisotopic (exact) mass is 351 g/mol. The first-order valence-electron chi connectivity index (χ1n) is 7.51. The van der Waals surface area contributed by atoms with Gasteiger partial charge in [-0.1, -0.05) is 6.08 Å². The molecular weight excluding hydrogens is 330 g/mol. The Balaban J connectivity index is 2.84. The highest BCUT2D eigenvalue weighted by atomic mass is 16.6. The minimum atomic E-state index is -1.04. The van der Waals surface area contributed by atoms with E-state index in [1.165, 1.54) is 32.2 Å². The minimum Gasteiger partial charge on any atom is -0.449 e. The summed E-state index contributed by atoms with van der Waals surface area (Å²) >= 11 is 0. The maximum absolute atomic E-state index is 12.1. The van der Waals surface area contributed by atoms with Crippen molar-refractivity contribution >= 4 is 23.3 Å². The van der Waals surface area contributed by atoms with Crippen molar-refractivity contribution in [1.82, 2.24) is 5.32 Å². The molecule has 0 fully saturated rings. The van der Waals surface area contributed by atoms with Crippen molar-refractivity contribution in [2.45, 2.75) is 13.0 Å². The number of ether oxygens (including phenoxy) is 2. The summed E-state index contributed by atoms with van der Waals surface area (Å²) in [5.41, 5.74) is -0.0305. The number of nitrogens with zero attached hydrogens (tertiary/aromatic N) is 1. The molecule has 0 aliphatic heterocycles. The molecular formula is C16H21N3O6. The lowest BCUT2D eigenvalue weighted by atomic mass is 10.1. The van der Waals surface area contributed by atoms with Gasteiger partial charge in [0.2, 0.25) is 0 Å². The highest BCUT2D eigenvalue weighted by Crippen LogP contribution is 2.26. The van der Waals surface area contributed by atoms with Gasteiger partial charge in [0.15, 0.2) is 6.10 Å². The number of esters is 1. The smallest absolute Gasteiger partial charge is 0.339 e. The maximum Gasteiger partial charge on any atom is 0.339 e. The number of methoxy groups -OCH3 is 1. The molecule has 1 aromatic rings. The highest BCUT2D eigenvalue weighted by Gasteiger charge is 2.22. The van der Waals surface area contributed by atoms with E-state index in [0.29, 0.717) is 13.2 Å². The van der Waals surface area contributed by atoms with Gasteiger partial charge in [0, 0.05) is 26.3 Å². The third kappa shape index (κ3) is 6.22. The summed E-state index contributed by atoms with van der Waals surface area (Å²) in [7, 11) is 1.52. The molecule has 0 aliphatic carbocycles. The number of hydrogen-bond donors (Lipinski definition) is 2. The van der Waals surface area contributed by atoms with Crippen LogP contribution in [0.5, 0.6) is 0 Å². The maximum atomic E-state index is 12.1. The Morgan fingerprint density at radius 1 is 1.44 bits per heavy atom. The van der Waals surface area contributed by atoms with Crippen LogP contribution in [0.2, 0.25) is 0 Å². The van der Waals surface area contributed by atoms with Crippen LogP contribution in [0.3, 0.4) is 0 Å². The van der Waals surface area contributed by atoms with E-state index in [1.807, 2.05) is 0 Å². The Morgan fingerprint density at radius 2 is 2.16 bits per heavy atom. The summed E-state index contributed by atoms with van der Waals surface area (Å²) in [5, 5.41) is 16.5. The Hall–Kier alpha value is -2.94. The molecule has 0 spiro atoms. The zero-order chi connectivity index (χ0) is 18.8. The second kappa shape index (κ2) is 10.0. The van der Waals surface area contributed by atoms with Crippen LogP contribution in [-0.4, -0.2) is 49.7 Å². The number of nitrogens with one attached hydrogen (secondary N) is 2. The predicted octanol–water partition coefficient (Wildman–Crippen LogP) is 1.50. The van der Waals surface area contributed by atoms with Gasteiger partial charge >= 0.3 is 5.97 Å². The number of carbonyl (C=O) groups excluding carboxylic acids is 2. The molecule has 0 aliphatic rings. The summed E-state index contributed by atoms with van der Waals surface area (Å²) in [6.07, 6.45) is 0.455. The molecule has 0 heterocycles. The van der Waals surface area contributed by atoms with Crippen LogP contribution in [0, 0.1) is 10.1 Å². The molecule has 1 unspecified atom stereocenters. The quantitative estimate of drug-likeness (QED) is 0.215. The van der Waals surface area contributed by atoms with Crippen LogP contribution >= 0.6 is 0 Å². The highest BCUT2D eigenvalue weighted by molar-refractivity contribution is 5.93. The lowest BCUT2D eigenvalue weighted by molar-refractivity contribution is -0.384. The average molecular weight is 351 g/mol. The van der Waals surface area contributed by atoms with Crippen LogP contribution < -0.4 is 10.6 Å². The topological polar surface area (TPSA) is 120 Å². The summed E-state index contributed by atoms with van der Waals surface area (Å²) < 4.78 is 9.89. The number of benzene rings is 1. The van der Waals surface area contributed by atoms with Gasteiger partial charge in [0.05, 0.1) is 17.1 Å². The summed E-state index contributed by atoms with van der Waals surface area (Å²) in [4.78, 5) is 34.4. The van der Waals surface area contributed by atoms with Gasteiger partial charge in [-0.25, -0.2) is 4.79 Å². The molecule has 25 heavy (non-hydrogen) atoms. The summed E-state index contributed by atoms with van der Waals surface area (Å²) in [6.45, 7) is 5.86. The van der Waals surface area contributed by atoms with Crippen molar-refractivity contribution in [2.24, 2.45) is 0 Å². The van der Waals surface area contributed by atoms with Crippen molar-refractivity contribution in [1.29, 1.82) is 0 Å². The zero-order valence-electron chi connectivity index (χ0n) is 14.1.